The molecule has 0 bridgehead atoms. The van der Waals surface area contributed by atoms with Crippen LogP contribution in [0.2, 0.25) is 0 Å². The number of thiophene rings is 1. The molecule has 0 spiro atoms. The van der Waals surface area contributed by atoms with Crippen molar-refractivity contribution in [1.29, 1.82) is 0 Å². The van der Waals surface area contributed by atoms with E-state index < -0.39 is 0 Å². The summed E-state index contributed by atoms with van der Waals surface area (Å²) >= 11 is 1.76. The number of aryl methyl sites for hydroxylation is 2. The Balaban J connectivity index is 1.87. The zero-order valence-electron chi connectivity index (χ0n) is 11.9. The molecule has 0 atom stereocenters. The number of hydrogen-bond acceptors (Lipinski definition) is 2. The zero-order valence-corrected chi connectivity index (χ0v) is 12.7. The van der Waals surface area contributed by atoms with E-state index in [2.05, 4.69) is 53.2 Å². The standard InChI is InChI=1S/C17H15N3S/c1-11-16(12-6-4-3-5-7-12)19-17(18-11)14-10-15-13(20(14)2)8-9-21-15/h3-10H,1-2H3,(H,18,19). The number of hydrogen-bond donors (Lipinski definition) is 1. The number of fused-ring (bicyclic) bond motifs is 1. The molecule has 21 heavy (non-hydrogen) atoms. The lowest BCUT2D eigenvalue weighted by atomic mass is 10.1. The molecule has 4 aromatic rings. The number of rotatable bonds is 2. The van der Waals surface area contributed by atoms with Gasteiger partial charge in [-0.25, -0.2) is 4.98 Å². The van der Waals surface area contributed by atoms with E-state index in [9.17, 15) is 0 Å². The Hall–Kier alpha value is -2.33. The van der Waals surface area contributed by atoms with E-state index in [1.165, 1.54) is 10.2 Å². The van der Waals surface area contributed by atoms with Crippen molar-refractivity contribution in [3.8, 4) is 22.8 Å². The third-order valence-corrected chi connectivity index (χ3v) is 4.69. The fourth-order valence-electron chi connectivity index (χ4n) is 2.74. The molecule has 0 radical (unpaired) electrons. The first kappa shape index (κ1) is 12.4. The van der Waals surface area contributed by atoms with Gasteiger partial charge in [0.2, 0.25) is 0 Å². The lowest BCUT2D eigenvalue weighted by Gasteiger charge is -1.99. The molecular weight excluding hydrogens is 278 g/mol. The van der Waals surface area contributed by atoms with E-state index in [4.69, 9.17) is 4.98 Å². The van der Waals surface area contributed by atoms with Crippen molar-refractivity contribution >= 4 is 21.6 Å². The molecule has 0 aliphatic carbocycles. The monoisotopic (exact) mass is 293 g/mol. The normalized spacial score (nSPS) is 11.3. The van der Waals surface area contributed by atoms with Crippen molar-refractivity contribution in [2.24, 2.45) is 7.05 Å². The molecule has 4 rings (SSSR count). The molecule has 4 heteroatoms. The SMILES string of the molecule is Cc1[nH]c(-c2cc3sccc3n2C)nc1-c1ccccc1. The average molecular weight is 293 g/mol. The predicted octanol–water partition coefficient (Wildman–Crippen LogP) is 4.61. The highest BCUT2D eigenvalue weighted by Gasteiger charge is 2.14. The minimum atomic E-state index is 0.928. The molecule has 104 valence electrons. The van der Waals surface area contributed by atoms with Gasteiger partial charge < -0.3 is 9.55 Å². The fraction of sp³-hybridized carbons (Fsp3) is 0.118. The smallest absolute Gasteiger partial charge is 0.155 e. The van der Waals surface area contributed by atoms with Crippen LogP contribution in [0.25, 0.3) is 33.0 Å². The lowest BCUT2D eigenvalue weighted by molar-refractivity contribution is 0.965. The Bertz CT molecular complexity index is 912. The molecule has 0 fully saturated rings. The number of nitrogens with zero attached hydrogens (tertiary/aromatic N) is 2. The van der Waals surface area contributed by atoms with Gasteiger partial charge in [-0.15, -0.1) is 11.3 Å². The number of imidazole rings is 1. The second-order valence-corrected chi connectivity index (χ2v) is 6.13. The first-order valence-corrected chi connectivity index (χ1v) is 7.77. The Kier molecular flexibility index (Phi) is 2.72. The maximum Gasteiger partial charge on any atom is 0.155 e. The van der Waals surface area contributed by atoms with Crippen LogP contribution in [0.1, 0.15) is 5.69 Å². The maximum atomic E-state index is 4.81. The summed E-state index contributed by atoms with van der Waals surface area (Å²) in [5, 5.41) is 2.12. The summed E-state index contributed by atoms with van der Waals surface area (Å²) in [7, 11) is 2.09. The van der Waals surface area contributed by atoms with E-state index in [-0.39, 0.29) is 0 Å². The molecule has 0 amide bonds. The van der Waals surface area contributed by atoms with Crippen LogP contribution in [0.5, 0.6) is 0 Å². The van der Waals surface area contributed by atoms with Crippen LogP contribution in [0.4, 0.5) is 0 Å². The number of H-pyrrole nitrogens is 1. The minimum Gasteiger partial charge on any atom is -0.340 e. The molecule has 0 aliphatic heterocycles. The molecule has 3 heterocycles. The average Bonchev–Trinajstić information content (AvgIpc) is 3.17. The first-order chi connectivity index (χ1) is 10.2. The Morgan fingerprint density at radius 2 is 1.95 bits per heavy atom. The quantitative estimate of drug-likeness (QED) is 0.575. The van der Waals surface area contributed by atoms with Gasteiger partial charge in [-0.2, -0.15) is 0 Å². The van der Waals surface area contributed by atoms with Crippen LogP contribution in [-0.2, 0) is 7.05 Å². The van der Waals surface area contributed by atoms with E-state index in [0.717, 1.165) is 28.5 Å². The summed E-state index contributed by atoms with van der Waals surface area (Å²) < 4.78 is 3.49. The molecule has 3 nitrogen and oxygen atoms in total. The largest absolute Gasteiger partial charge is 0.340 e. The second kappa shape index (κ2) is 4.60. The molecule has 1 N–H and O–H groups in total. The highest BCUT2D eigenvalue weighted by Crippen LogP contribution is 2.31. The topological polar surface area (TPSA) is 33.6 Å². The van der Waals surface area contributed by atoms with Crippen LogP contribution >= 0.6 is 11.3 Å². The summed E-state index contributed by atoms with van der Waals surface area (Å²) in [6.45, 7) is 2.07. The summed E-state index contributed by atoms with van der Waals surface area (Å²) in [6, 6.07) is 14.7. The van der Waals surface area contributed by atoms with Crippen molar-refractivity contribution < 1.29 is 0 Å². The highest BCUT2D eigenvalue weighted by atomic mass is 32.1. The summed E-state index contributed by atoms with van der Waals surface area (Å²) in [4.78, 5) is 8.24. The van der Waals surface area contributed by atoms with Gasteiger partial charge in [0.25, 0.3) is 0 Å². The lowest BCUT2D eigenvalue weighted by Crippen LogP contribution is -1.92. The molecule has 0 saturated carbocycles. The molecule has 3 aromatic heterocycles. The predicted molar refractivity (Wildman–Crippen MR) is 88.6 cm³/mol. The van der Waals surface area contributed by atoms with Crippen LogP contribution in [0.3, 0.4) is 0 Å². The third-order valence-electron chi connectivity index (χ3n) is 3.84. The zero-order chi connectivity index (χ0) is 14.4. The summed E-state index contributed by atoms with van der Waals surface area (Å²) in [5.74, 6) is 0.928. The van der Waals surface area contributed by atoms with Gasteiger partial charge in [0, 0.05) is 18.3 Å². The van der Waals surface area contributed by atoms with Gasteiger partial charge in [-0.1, -0.05) is 30.3 Å². The highest BCUT2D eigenvalue weighted by molar-refractivity contribution is 7.17. The van der Waals surface area contributed by atoms with Crippen molar-refractivity contribution in [3.05, 3.63) is 53.5 Å². The first-order valence-electron chi connectivity index (χ1n) is 6.89. The number of aromatic nitrogens is 3. The number of aromatic amines is 1. The number of benzene rings is 1. The van der Waals surface area contributed by atoms with Crippen LogP contribution < -0.4 is 0 Å². The van der Waals surface area contributed by atoms with Gasteiger partial charge >= 0.3 is 0 Å². The molecule has 0 unspecified atom stereocenters. The minimum absolute atomic E-state index is 0.928. The second-order valence-electron chi connectivity index (χ2n) is 5.18. The fourth-order valence-corrected chi connectivity index (χ4v) is 3.59. The Morgan fingerprint density at radius 3 is 2.71 bits per heavy atom. The van der Waals surface area contributed by atoms with E-state index in [0.29, 0.717) is 0 Å². The van der Waals surface area contributed by atoms with Crippen molar-refractivity contribution in [3.63, 3.8) is 0 Å². The van der Waals surface area contributed by atoms with Crippen molar-refractivity contribution in [1.82, 2.24) is 14.5 Å². The van der Waals surface area contributed by atoms with E-state index in [1.807, 2.05) is 18.2 Å². The van der Waals surface area contributed by atoms with Crippen LogP contribution in [0, 0.1) is 6.92 Å². The third kappa shape index (κ3) is 1.91. The molecule has 0 aliphatic rings. The summed E-state index contributed by atoms with van der Waals surface area (Å²) in [5.41, 5.74) is 5.65. The van der Waals surface area contributed by atoms with Gasteiger partial charge in [-0.3, -0.25) is 0 Å². The maximum absolute atomic E-state index is 4.81. The van der Waals surface area contributed by atoms with Gasteiger partial charge in [-0.05, 0) is 24.4 Å². The Labute approximate surface area is 126 Å². The van der Waals surface area contributed by atoms with Gasteiger partial charge in [0.1, 0.15) is 0 Å². The van der Waals surface area contributed by atoms with E-state index in [1.54, 1.807) is 11.3 Å². The van der Waals surface area contributed by atoms with Crippen LogP contribution in [-0.4, -0.2) is 14.5 Å². The van der Waals surface area contributed by atoms with Crippen molar-refractivity contribution in [2.75, 3.05) is 0 Å². The Morgan fingerprint density at radius 1 is 1.14 bits per heavy atom. The van der Waals surface area contributed by atoms with Crippen molar-refractivity contribution in [2.45, 2.75) is 6.92 Å². The van der Waals surface area contributed by atoms with Crippen LogP contribution in [0.15, 0.2) is 47.8 Å². The van der Waals surface area contributed by atoms with Gasteiger partial charge in [0.05, 0.1) is 21.6 Å². The van der Waals surface area contributed by atoms with E-state index >= 15 is 0 Å². The molecule has 0 saturated heterocycles. The summed E-state index contributed by atoms with van der Waals surface area (Å²) in [6.07, 6.45) is 0. The molecule has 1 aromatic carbocycles. The number of nitrogens with one attached hydrogen (secondary N) is 1. The van der Waals surface area contributed by atoms with Gasteiger partial charge in [0.15, 0.2) is 5.82 Å². The molecular formula is C17H15N3S.